The van der Waals surface area contributed by atoms with Crippen LogP contribution in [0.15, 0.2) is 0 Å². The molecule has 0 spiro atoms. The van der Waals surface area contributed by atoms with Crippen LogP contribution in [-0.2, 0) is 23.8 Å². The Morgan fingerprint density at radius 3 is 2.53 bits per heavy atom. The van der Waals surface area contributed by atoms with E-state index in [1.165, 1.54) is 13.8 Å². The Morgan fingerprint density at radius 1 is 1.41 bits per heavy atom. The first-order valence-corrected chi connectivity index (χ1v) is 5.44. The number of aldehydes is 1. The van der Waals surface area contributed by atoms with Gasteiger partial charge in [0.15, 0.2) is 6.10 Å². The molecule has 2 aliphatic heterocycles. The van der Waals surface area contributed by atoms with Gasteiger partial charge in [0.1, 0.15) is 12.4 Å². The predicted molar refractivity (Wildman–Crippen MR) is 59.5 cm³/mol. The SMILES string of the molecule is CC(=O)OC1CO[C@H]2CCO[C@@H]12.CC=O.CO. The maximum Gasteiger partial charge on any atom is 0.303 e. The minimum Gasteiger partial charge on any atom is -0.457 e. The number of esters is 1. The van der Waals surface area contributed by atoms with Crippen LogP contribution >= 0.6 is 0 Å². The minimum absolute atomic E-state index is 0.0195. The number of hydrogen-bond acceptors (Lipinski definition) is 6. The lowest BCUT2D eigenvalue weighted by Crippen LogP contribution is -2.31. The molecule has 0 radical (unpaired) electrons. The molecule has 2 fully saturated rings. The van der Waals surface area contributed by atoms with Gasteiger partial charge in [-0.3, -0.25) is 4.79 Å². The maximum atomic E-state index is 10.7. The van der Waals surface area contributed by atoms with Crippen LogP contribution in [0.5, 0.6) is 0 Å². The highest BCUT2D eigenvalue weighted by atomic mass is 16.6. The van der Waals surface area contributed by atoms with E-state index in [9.17, 15) is 4.79 Å². The quantitative estimate of drug-likeness (QED) is 0.516. The van der Waals surface area contributed by atoms with Crippen LogP contribution in [0.2, 0.25) is 0 Å². The van der Waals surface area contributed by atoms with Crippen molar-refractivity contribution in [3.63, 3.8) is 0 Å². The van der Waals surface area contributed by atoms with Gasteiger partial charge in [0.2, 0.25) is 0 Å². The molecule has 0 aromatic carbocycles. The van der Waals surface area contributed by atoms with Crippen molar-refractivity contribution in [2.75, 3.05) is 20.3 Å². The highest BCUT2D eigenvalue weighted by Gasteiger charge is 2.43. The van der Waals surface area contributed by atoms with E-state index in [1.54, 1.807) is 0 Å². The molecule has 1 N–H and O–H groups in total. The number of ether oxygens (including phenoxy) is 3. The third-order valence-corrected chi connectivity index (χ3v) is 2.24. The zero-order valence-electron chi connectivity index (χ0n) is 10.4. The molecule has 0 aromatic rings. The Labute approximate surface area is 101 Å². The Balaban J connectivity index is 0.000000450. The molecule has 2 aliphatic rings. The molecule has 2 rings (SSSR count). The highest BCUT2D eigenvalue weighted by Crippen LogP contribution is 2.28. The van der Waals surface area contributed by atoms with Gasteiger partial charge in [0, 0.05) is 20.6 Å². The summed E-state index contributed by atoms with van der Waals surface area (Å²) in [5.41, 5.74) is 0. The Hall–Kier alpha value is -0.980. The van der Waals surface area contributed by atoms with E-state index in [0.717, 1.165) is 19.8 Å². The lowest BCUT2D eigenvalue weighted by Gasteiger charge is -2.14. The summed E-state index contributed by atoms with van der Waals surface area (Å²) in [7, 11) is 1.00. The van der Waals surface area contributed by atoms with Gasteiger partial charge >= 0.3 is 5.97 Å². The molecular formula is C11H20O6. The molecule has 0 aliphatic carbocycles. The van der Waals surface area contributed by atoms with E-state index in [4.69, 9.17) is 24.1 Å². The molecule has 3 atom stereocenters. The number of fused-ring (bicyclic) bond motifs is 1. The van der Waals surface area contributed by atoms with Crippen LogP contribution in [0.3, 0.4) is 0 Å². The van der Waals surface area contributed by atoms with E-state index < -0.39 is 0 Å². The summed E-state index contributed by atoms with van der Waals surface area (Å²) >= 11 is 0. The van der Waals surface area contributed by atoms with Crippen LogP contribution in [0.25, 0.3) is 0 Å². The van der Waals surface area contributed by atoms with Gasteiger partial charge in [-0.15, -0.1) is 0 Å². The van der Waals surface area contributed by atoms with E-state index in [-0.39, 0.29) is 24.3 Å². The maximum absolute atomic E-state index is 10.7. The second-order valence-corrected chi connectivity index (χ2v) is 3.38. The summed E-state index contributed by atoms with van der Waals surface area (Å²) in [5, 5.41) is 7.00. The standard InChI is InChI=1S/C8H12O4.C2H4O.CH4O/c1-5(9)12-7-4-11-6-2-3-10-8(6)7;1-2-3;1-2/h6-8H,2-4H2,1H3;2H,1H3;2H,1H3/t6-,7?,8+;;/m0../s1. The summed E-state index contributed by atoms with van der Waals surface area (Å²) in [5.74, 6) is -0.264. The fraction of sp³-hybridized carbons (Fsp3) is 0.818. The van der Waals surface area contributed by atoms with Crippen LogP contribution < -0.4 is 0 Å². The minimum atomic E-state index is -0.264. The van der Waals surface area contributed by atoms with Crippen molar-refractivity contribution in [2.45, 2.75) is 38.6 Å². The largest absolute Gasteiger partial charge is 0.457 e. The van der Waals surface area contributed by atoms with Gasteiger partial charge in [-0.05, 0) is 13.3 Å². The molecule has 6 heteroatoms. The fourth-order valence-corrected chi connectivity index (χ4v) is 1.74. The Bertz CT molecular complexity index is 230. The first-order chi connectivity index (χ1) is 8.19. The zero-order valence-corrected chi connectivity index (χ0v) is 10.4. The molecule has 2 saturated heterocycles. The second kappa shape index (κ2) is 9.09. The summed E-state index contributed by atoms with van der Waals surface area (Å²) in [6, 6.07) is 0. The number of hydrogen-bond donors (Lipinski definition) is 1. The molecular weight excluding hydrogens is 228 g/mol. The second-order valence-electron chi connectivity index (χ2n) is 3.38. The van der Waals surface area contributed by atoms with Crippen molar-refractivity contribution >= 4 is 12.3 Å². The van der Waals surface area contributed by atoms with Crippen molar-refractivity contribution in [3.8, 4) is 0 Å². The molecule has 1 unspecified atom stereocenters. The van der Waals surface area contributed by atoms with Crippen molar-refractivity contribution in [2.24, 2.45) is 0 Å². The fourth-order valence-electron chi connectivity index (χ4n) is 1.74. The number of carbonyl (C=O) groups excluding carboxylic acids is 2. The first kappa shape index (κ1) is 16.0. The van der Waals surface area contributed by atoms with Gasteiger partial charge in [0.05, 0.1) is 12.7 Å². The molecule has 17 heavy (non-hydrogen) atoms. The normalized spacial score (nSPS) is 29.1. The average molecular weight is 248 g/mol. The Kier molecular flexibility index (Phi) is 8.57. The summed E-state index contributed by atoms with van der Waals surface area (Å²) in [4.78, 5) is 19.5. The van der Waals surface area contributed by atoms with Gasteiger partial charge in [-0.2, -0.15) is 0 Å². The molecule has 0 saturated carbocycles. The average Bonchev–Trinajstić information content (AvgIpc) is 2.87. The molecule has 0 amide bonds. The highest BCUT2D eigenvalue weighted by molar-refractivity contribution is 5.66. The predicted octanol–water partition coefficient (Wildman–Crippen LogP) is -0.0805. The van der Waals surface area contributed by atoms with Crippen molar-refractivity contribution in [1.82, 2.24) is 0 Å². The van der Waals surface area contributed by atoms with E-state index in [2.05, 4.69) is 0 Å². The van der Waals surface area contributed by atoms with Crippen molar-refractivity contribution < 1.29 is 28.9 Å². The van der Waals surface area contributed by atoms with Gasteiger partial charge in [-0.25, -0.2) is 0 Å². The lowest BCUT2D eigenvalue weighted by atomic mass is 10.1. The van der Waals surface area contributed by atoms with Crippen LogP contribution in [0, 0.1) is 0 Å². The van der Waals surface area contributed by atoms with Crippen LogP contribution in [0.4, 0.5) is 0 Å². The summed E-state index contributed by atoms with van der Waals surface area (Å²) in [6.07, 6.45) is 1.61. The van der Waals surface area contributed by atoms with E-state index in [1.807, 2.05) is 0 Å². The number of aliphatic hydroxyl groups excluding tert-OH is 1. The third-order valence-electron chi connectivity index (χ3n) is 2.24. The first-order valence-electron chi connectivity index (χ1n) is 5.44. The molecule has 0 aromatic heterocycles. The summed E-state index contributed by atoms with van der Waals surface area (Å²) < 4.78 is 15.8. The van der Waals surface area contributed by atoms with Crippen LogP contribution in [0.1, 0.15) is 20.3 Å². The summed E-state index contributed by atoms with van der Waals surface area (Å²) in [6.45, 7) is 4.05. The number of rotatable bonds is 1. The number of carbonyl (C=O) groups is 2. The van der Waals surface area contributed by atoms with E-state index in [0.29, 0.717) is 13.2 Å². The molecule has 2 heterocycles. The van der Waals surface area contributed by atoms with Gasteiger partial charge in [-0.1, -0.05) is 0 Å². The van der Waals surface area contributed by atoms with E-state index >= 15 is 0 Å². The molecule has 0 bridgehead atoms. The van der Waals surface area contributed by atoms with Gasteiger partial charge in [0.25, 0.3) is 0 Å². The molecule has 6 nitrogen and oxygen atoms in total. The number of aliphatic hydroxyl groups is 1. The van der Waals surface area contributed by atoms with Crippen molar-refractivity contribution in [3.05, 3.63) is 0 Å². The van der Waals surface area contributed by atoms with Gasteiger partial charge < -0.3 is 24.1 Å². The third kappa shape index (κ3) is 5.25. The van der Waals surface area contributed by atoms with Crippen molar-refractivity contribution in [1.29, 1.82) is 0 Å². The zero-order chi connectivity index (χ0) is 13.3. The smallest absolute Gasteiger partial charge is 0.303 e. The topological polar surface area (TPSA) is 82.1 Å². The molecule has 100 valence electrons. The van der Waals surface area contributed by atoms with Crippen LogP contribution in [-0.4, -0.2) is 56.0 Å². The monoisotopic (exact) mass is 248 g/mol. The Morgan fingerprint density at radius 2 is 2.00 bits per heavy atom. The lowest BCUT2D eigenvalue weighted by molar-refractivity contribution is -0.150.